The molecule has 0 aromatic heterocycles. The summed E-state index contributed by atoms with van der Waals surface area (Å²) < 4.78 is 0. The molecule has 8 unspecified atom stereocenters. The van der Waals surface area contributed by atoms with Crippen LogP contribution in [0, 0.1) is 46.8 Å². The molecule has 0 saturated heterocycles. The zero-order valence-corrected chi connectivity index (χ0v) is 17.6. The summed E-state index contributed by atoms with van der Waals surface area (Å²) >= 11 is 0. The third kappa shape index (κ3) is 2.87. The second-order valence-electron chi connectivity index (χ2n) is 9.24. The summed E-state index contributed by atoms with van der Waals surface area (Å²) in [6.45, 7) is 15.5. The van der Waals surface area contributed by atoms with Gasteiger partial charge in [0.25, 0.3) is 0 Å². The fourth-order valence-electron chi connectivity index (χ4n) is 7.92. The Morgan fingerprint density at radius 1 is 1.08 bits per heavy atom. The summed E-state index contributed by atoms with van der Waals surface area (Å²) in [5.74, 6) is 7.22. The van der Waals surface area contributed by atoms with Crippen LogP contribution in [0.25, 0.3) is 0 Å². The molecule has 0 amide bonds. The summed E-state index contributed by atoms with van der Waals surface area (Å²) in [5.41, 5.74) is 2.47. The van der Waals surface area contributed by atoms with E-state index in [1.54, 1.807) is 12.0 Å². The lowest BCUT2D eigenvalue weighted by atomic mass is 9.49. The van der Waals surface area contributed by atoms with E-state index in [0.717, 1.165) is 46.8 Å². The van der Waals surface area contributed by atoms with Gasteiger partial charge in [-0.15, -0.1) is 0 Å². The van der Waals surface area contributed by atoms with E-state index < -0.39 is 0 Å². The minimum Gasteiger partial charge on any atom is -0.0991 e. The van der Waals surface area contributed by atoms with Crippen molar-refractivity contribution in [2.75, 3.05) is 0 Å². The Balaban J connectivity index is 0.000000880. The van der Waals surface area contributed by atoms with Crippen LogP contribution < -0.4 is 0 Å². The van der Waals surface area contributed by atoms with Crippen molar-refractivity contribution in [3.05, 3.63) is 24.3 Å². The van der Waals surface area contributed by atoms with Crippen LogP contribution in [0.5, 0.6) is 0 Å². The molecule has 0 aromatic carbocycles. The minimum atomic E-state index is 0.727. The third-order valence-corrected chi connectivity index (χ3v) is 8.87. The van der Waals surface area contributed by atoms with E-state index in [4.69, 9.17) is 0 Å². The summed E-state index contributed by atoms with van der Waals surface area (Å²) in [4.78, 5) is 0. The summed E-state index contributed by atoms with van der Waals surface area (Å²) in [6, 6.07) is 0. The fourth-order valence-corrected chi connectivity index (χ4v) is 7.92. The topological polar surface area (TPSA) is 0 Å². The van der Waals surface area contributed by atoms with Crippen molar-refractivity contribution < 1.29 is 0 Å². The molecule has 0 heterocycles. The van der Waals surface area contributed by atoms with E-state index in [-0.39, 0.29) is 0 Å². The lowest BCUT2D eigenvalue weighted by Crippen LogP contribution is -2.48. The van der Waals surface area contributed by atoms with Crippen LogP contribution in [-0.4, -0.2) is 0 Å². The van der Waals surface area contributed by atoms with Crippen molar-refractivity contribution in [1.29, 1.82) is 0 Å². The van der Waals surface area contributed by atoms with Crippen LogP contribution in [0.1, 0.15) is 86.0 Å². The quantitative estimate of drug-likeness (QED) is 0.492. The molecule has 4 aliphatic carbocycles. The Labute approximate surface area is 157 Å². The normalized spacial score (nSPS) is 48.7. The molecule has 0 aromatic rings. The third-order valence-electron chi connectivity index (χ3n) is 8.87. The first kappa shape index (κ1) is 19.2. The molecule has 0 nitrogen and oxygen atoms in total. The maximum absolute atomic E-state index is 3.98. The van der Waals surface area contributed by atoms with Gasteiger partial charge in [-0.05, 0) is 91.8 Å². The van der Waals surface area contributed by atoms with Gasteiger partial charge in [-0.2, -0.15) is 0 Å². The zero-order valence-electron chi connectivity index (χ0n) is 17.6. The van der Waals surface area contributed by atoms with Crippen molar-refractivity contribution >= 4 is 0 Å². The fraction of sp³-hybridized carbons (Fsp3) is 0.840. The highest BCUT2D eigenvalue weighted by Gasteiger charge is 2.68. The van der Waals surface area contributed by atoms with Gasteiger partial charge in [-0.3, -0.25) is 0 Å². The monoisotopic (exact) mass is 342 g/mol. The molecule has 4 saturated carbocycles. The smallest absolute Gasteiger partial charge is 0.0169 e. The van der Waals surface area contributed by atoms with Gasteiger partial charge in [0, 0.05) is 0 Å². The summed E-state index contributed by atoms with van der Waals surface area (Å²) in [7, 11) is 0. The first-order chi connectivity index (χ1) is 12.2. The van der Waals surface area contributed by atoms with Gasteiger partial charge in [0.1, 0.15) is 0 Å². The summed E-state index contributed by atoms with van der Waals surface area (Å²) in [5, 5.41) is 0. The van der Waals surface area contributed by atoms with Crippen LogP contribution in [0.4, 0.5) is 0 Å². The van der Waals surface area contributed by atoms with Crippen LogP contribution >= 0.6 is 0 Å². The Kier molecular flexibility index (Phi) is 5.86. The van der Waals surface area contributed by atoms with Crippen molar-refractivity contribution in [1.82, 2.24) is 0 Å². The van der Waals surface area contributed by atoms with Crippen molar-refractivity contribution in [2.45, 2.75) is 86.0 Å². The number of fused-ring (bicyclic) bond motifs is 5. The second-order valence-corrected chi connectivity index (χ2v) is 9.24. The Morgan fingerprint density at radius 3 is 2.48 bits per heavy atom. The largest absolute Gasteiger partial charge is 0.0991 e. The van der Waals surface area contributed by atoms with E-state index in [9.17, 15) is 0 Å². The molecule has 0 bridgehead atoms. The van der Waals surface area contributed by atoms with Crippen LogP contribution in [-0.2, 0) is 0 Å². The number of allylic oxidation sites excluding steroid dienone is 3. The molecular formula is C25H42. The predicted octanol–water partition coefficient (Wildman–Crippen LogP) is 7.66. The predicted molar refractivity (Wildman–Crippen MR) is 110 cm³/mol. The highest BCUT2D eigenvalue weighted by Crippen LogP contribution is 2.75. The van der Waals surface area contributed by atoms with Gasteiger partial charge in [0.15, 0.2) is 0 Å². The molecule has 4 aliphatic rings. The molecule has 4 rings (SSSR count). The van der Waals surface area contributed by atoms with Crippen LogP contribution in [0.2, 0.25) is 0 Å². The lowest BCUT2D eigenvalue weighted by molar-refractivity contribution is -0.0496. The molecule has 0 radical (unpaired) electrons. The maximum atomic E-state index is 3.98. The van der Waals surface area contributed by atoms with E-state index >= 15 is 0 Å². The van der Waals surface area contributed by atoms with E-state index in [2.05, 4.69) is 33.4 Å². The van der Waals surface area contributed by atoms with Gasteiger partial charge in [-0.1, -0.05) is 65.3 Å². The standard InChI is InChI=1S/C23H36.C2H6/c1-5-8-16-10-11-19-18(17(16)9-6-2)12-13-23(7-3)15(4)20-14-21(20)22(19)23;1-2/h5,8,15,17-22H,1,6-7,9-14H2,2-4H3;1-2H3/b16-8-;. The average molecular weight is 343 g/mol. The molecule has 25 heavy (non-hydrogen) atoms. The molecule has 8 atom stereocenters. The van der Waals surface area contributed by atoms with Gasteiger partial charge >= 0.3 is 0 Å². The number of hydrogen-bond donors (Lipinski definition) is 0. The van der Waals surface area contributed by atoms with Gasteiger partial charge < -0.3 is 0 Å². The second kappa shape index (κ2) is 7.61. The first-order valence-corrected chi connectivity index (χ1v) is 11.5. The average Bonchev–Trinajstić information content (AvgIpc) is 3.39. The maximum Gasteiger partial charge on any atom is -0.0169 e. The molecule has 4 fully saturated rings. The van der Waals surface area contributed by atoms with Gasteiger partial charge in [-0.25, -0.2) is 0 Å². The van der Waals surface area contributed by atoms with Gasteiger partial charge in [0.05, 0.1) is 0 Å². The molecule has 0 heteroatoms. The van der Waals surface area contributed by atoms with Crippen LogP contribution in [0.15, 0.2) is 24.3 Å². The Bertz CT molecular complexity index is 500. The Morgan fingerprint density at radius 2 is 1.84 bits per heavy atom. The van der Waals surface area contributed by atoms with Crippen molar-refractivity contribution in [3.8, 4) is 0 Å². The first-order valence-electron chi connectivity index (χ1n) is 11.5. The Hall–Kier alpha value is -0.520. The van der Waals surface area contributed by atoms with E-state index in [1.165, 1.54) is 44.9 Å². The highest BCUT2D eigenvalue weighted by atomic mass is 14.7. The SMILES string of the molecule is C=C/C=C1/CCC2C(CCC3(CC)C(C)C4CC4C23)C1CCC.CC. The van der Waals surface area contributed by atoms with Crippen LogP contribution in [0.3, 0.4) is 0 Å². The molecule has 0 N–H and O–H groups in total. The molecular weight excluding hydrogens is 300 g/mol. The summed E-state index contributed by atoms with van der Waals surface area (Å²) in [6.07, 6.45) is 16.1. The van der Waals surface area contributed by atoms with Crippen molar-refractivity contribution in [3.63, 3.8) is 0 Å². The zero-order chi connectivity index (χ0) is 18.2. The van der Waals surface area contributed by atoms with Crippen molar-refractivity contribution in [2.24, 2.45) is 46.8 Å². The van der Waals surface area contributed by atoms with E-state index in [1.807, 2.05) is 19.9 Å². The lowest BCUT2D eigenvalue weighted by Gasteiger charge is -2.56. The molecule has 0 spiro atoms. The molecule has 142 valence electrons. The number of rotatable bonds is 4. The van der Waals surface area contributed by atoms with E-state index in [0.29, 0.717) is 0 Å². The highest BCUT2D eigenvalue weighted by molar-refractivity contribution is 5.23. The van der Waals surface area contributed by atoms with Gasteiger partial charge in [0.2, 0.25) is 0 Å². The minimum absolute atomic E-state index is 0.727. The number of hydrogen-bond acceptors (Lipinski definition) is 0. The molecule has 0 aliphatic heterocycles.